The predicted molar refractivity (Wildman–Crippen MR) is 57.6 cm³/mol. The Morgan fingerprint density at radius 1 is 1.29 bits per heavy atom. The van der Waals surface area contributed by atoms with Crippen molar-refractivity contribution >= 4 is 29.1 Å². The number of fused-ring (bicyclic) bond motifs is 1. The van der Waals surface area contributed by atoms with Gasteiger partial charge in [-0.05, 0) is 12.1 Å². The summed E-state index contributed by atoms with van der Waals surface area (Å²) in [7, 11) is 0. The number of nitrogens with zero attached hydrogens (tertiary/aromatic N) is 1. The van der Waals surface area contributed by atoms with Crippen LogP contribution in [0.15, 0.2) is 28.7 Å². The maximum Gasteiger partial charge on any atom is 0.339 e. The number of rotatable bonds is 3. The van der Waals surface area contributed by atoms with E-state index < -0.39 is 11.9 Å². The highest BCUT2D eigenvalue weighted by Gasteiger charge is 2.13. The molecule has 2 aromatic rings. The van der Waals surface area contributed by atoms with Crippen molar-refractivity contribution in [2.24, 2.45) is 0 Å². The molecular formula is C11H7NO5. The maximum absolute atomic E-state index is 10.9. The number of carboxylic acids is 2. The Morgan fingerprint density at radius 3 is 2.71 bits per heavy atom. The van der Waals surface area contributed by atoms with Gasteiger partial charge in [-0.3, -0.25) is 0 Å². The van der Waals surface area contributed by atoms with Crippen molar-refractivity contribution in [3.05, 3.63) is 35.7 Å². The number of hydrogen-bond acceptors (Lipinski definition) is 4. The minimum Gasteiger partial charge on any atom is -0.478 e. The van der Waals surface area contributed by atoms with E-state index in [1.807, 2.05) is 0 Å². The SMILES string of the molecule is O=C(O)/C=C/c1nc2cccc(C(=O)O)c2o1. The molecule has 86 valence electrons. The van der Waals surface area contributed by atoms with Gasteiger partial charge in [-0.1, -0.05) is 6.07 Å². The van der Waals surface area contributed by atoms with Crippen molar-refractivity contribution in [1.82, 2.24) is 4.98 Å². The normalized spacial score (nSPS) is 11.1. The van der Waals surface area contributed by atoms with E-state index in [1.54, 1.807) is 12.1 Å². The first-order chi connectivity index (χ1) is 8.08. The van der Waals surface area contributed by atoms with Crippen molar-refractivity contribution in [2.75, 3.05) is 0 Å². The zero-order valence-corrected chi connectivity index (χ0v) is 8.45. The van der Waals surface area contributed by atoms with Crippen molar-refractivity contribution in [3.63, 3.8) is 0 Å². The number of aromatic nitrogens is 1. The van der Waals surface area contributed by atoms with Gasteiger partial charge >= 0.3 is 11.9 Å². The van der Waals surface area contributed by atoms with Crippen LogP contribution in [0.1, 0.15) is 16.2 Å². The van der Waals surface area contributed by atoms with E-state index in [2.05, 4.69) is 4.98 Å². The van der Waals surface area contributed by atoms with Crippen molar-refractivity contribution in [2.45, 2.75) is 0 Å². The number of para-hydroxylation sites is 1. The zero-order chi connectivity index (χ0) is 12.4. The largest absolute Gasteiger partial charge is 0.478 e. The summed E-state index contributed by atoms with van der Waals surface area (Å²) in [5.41, 5.74) is 0.491. The van der Waals surface area contributed by atoms with Crippen molar-refractivity contribution in [1.29, 1.82) is 0 Å². The first-order valence-corrected chi connectivity index (χ1v) is 4.62. The Labute approximate surface area is 94.8 Å². The molecule has 0 bridgehead atoms. The third kappa shape index (κ3) is 2.15. The summed E-state index contributed by atoms with van der Waals surface area (Å²) >= 11 is 0. The molecule has 0 atom stereocenters. The van der Waals surface area contributed by atoms with E-state index in [0.29, 0.717) is 5.52 Å². The summed E-state index contributed by atoms with van der Waals surface area (Å²) in [4.78, 5) is 25.2. The molecule has 0 unspecified atom stereocenters. The molecule has 6 heteroatoms. The number of oxazole rings is 1. The van der Waals surface area contributed by atoms with E-state index in [1.165, 1.54) is 6.07 Å². The average molecular weight is 233 g/mol. The number of aromatic carboxylic acids is 1. The zero-order valence-electron chi connectivity index (χ0n) is 8.45. The molecule has 1 aromatic carbocycles. The maximum atomic E-state index is 10.9. The highest BCUT2D eigenvalue weighted by molar-refractivity contribution is 6.00. The fourth-order valence-corrected chi connectivity index (χ4v) is 1.35. The second kappa shape index (κ2) is 4.09. The van der Waals surface area contributed by atoms with Crippen LogP contribution < -0.4 is 0 Å². The molecule has 6 nitrogen and oxygen atoms in total. The summed E-state index contributed by atoms with van der Waals surface area (Å²) < 4.78 is 5.17. The lowest BCUT2D eigenvalue weighted by Crippen LogP contribution is -1.95. The molecule has 17 heavy (non-hydrogen) atoms. The van der Waals surface area contributed by atoms with E-state index in [-0.39, 0.29) is 17.0 Å². The Bertz CT molecular complexity index is 626. The molecule has 0 saturated heterocycles. The van der Waals surface area contributed by atoms with Gasteiger partial charge in [0.25, 0.3) is 0 Å². The minimum absolute atomic E-state index is 0.00928. The molecule has 0 amide bonds. The van der Waals surface area contributed by atoms with Crippen LogP contribution in [0.4, 0.5) is 0 Å². The standard InChI is InChI=1S/C11H7NO5/c13-9(14)5-4-8-12-7-3-1-2-6(11(15)16)10(7)17-8/h1-5H,(H,13,14)(H,15,16)/b5-4+. The molecule has 0 fully saturated rings. The second-order valence-corrected chi connectivity index (χ2v) is 3.18. The van der Waals surface area contributed by atoms with Crippen LogP contribution in [0.5, 0.6) is 0 Å². The highest BCUT2D eigenvalue weighted by atomic mass is 16.4. The number of carbonyl (C=O) groups is 2. The molecule has 0 spiro atoms. The molecule has 2 rings (SSSR count). The number of carboxylic acid groups (broad SMARTS) is 2. The van der Waals surface area contributed by atoms with Gasteiger partial charge in [0.2, 0.25) is 5.89 Å². The van der Waals surface area contributed by atoms with Gasteiger partial charge in [0.15, 0.2) is 5.58 Å². The van der Waals surface area contributed by atoms with Gasteiger partial charge in [0.1, 0.15) is 11.1 Å². The molecule has 0 aliphatic rings. The van der Waals surface area contributed by atoms with Crippen LogP contribution in [0, 0.1) is 0 Å². The van der Waals surface area contributed by atoms with Gasteiger partial charge < -0.3 is 14.6 Å². The third-order valence-corrected chi connectivity index (χ3v) is 2.03. The van der Waals surface area contributed by atoms with E-state index in [4.69, 9.17) is 14.6 Å². The average Bonchev–Trinajstić information content (AvgIpc) is 2.68. The van der Waals surface area contributed by atoms with Gasteiger partial charge in [0, 0.05) is 12.2 Å². The summed E-state index contributed by atoms with van der Waals surface area (Å²) in [6, 6.07) is 4.52. The van der Waals surface area contributed by atoms with Crippen molar-refractivity contribution in [3.8, 4) is 0 Å². The predicted octanol–water partition coefficient (Wildman–Crippen LogP) is 1.62. The Balaban J connectivity index is 2.54. The summed E-state index contributed by atoms with van der Waals surface area (Å²) in [5.74, 6) is -2.21. The third-order valence-electron chi connectivity index (χ3n) is 2.03. The van der Waals surface area contributed by atoms with Crippen LogP contribution in [-0.2, 0) is 4.79 Å². The van der Waals surface area contributed by atoms with Gasteiger partial charge in [-0.2, -0.15) is 0 Å². The monoisotopic (exact) mass is 233 g/mol. The number of aliphatic carboxylic acids is 1. The number of hydrogen-bond donors (Lipinski definition) is 2. The minimum atomic E-state index is -1.13. The fraction of sp³-hybridized carbons (Fsp3) is 0. The quantitative estimate of drug-likeness (QED) is 0.781. The highest BCUT2D eigenvalue weighted by Crippen LogP contribution is 2.20. The lowest BCUT2D eigenvalue weighted by molar-refractivity contribution is -0.131. The molecule has 2 N–H and O–H groups in total. The van der Waals surface area contributed by atoms with Crippen LogP contribution in [-0.4, -0.2) is 27.1 Å². The van der Waals surface area contributed by atoms with E-state index in [9.17, 15) is 9.59 Å². The summed E-state index contributed by atoms with van der Waals surface area (Å²) in [6.07, 6.45) is 2.03. The second-order valence-electron chi connectivity index (χ2n) is 3.18. The van der Waals surface area contributed by atoms with Crippen LogP contribution >= 0.6 is 0 Å². The Kier molecular flexibility index (Phi) is 2.61. The molecule has 0 radical (unpaired) electrons. The van der Waals surface area contributed by atoms with Gasteiger partial charge in [0.05, 0.1) is 0 Å². The Hall–Kier alpha value is -2.63. The van der Waals surface area contributed by atoms with E-state index >= 15 is 0 Å². The van der Waals surface area contributed by atoms with E-state index in [0.717, 1.165) is 12.2 Å². The topological polar surface area (TPSA) is 101 Å². The van der Waals surface area contributed by atoms with Gasteiger partial charge in [-0.15, -0.1) is 0 Å². The molecule has 1 heterocycles. The van der Waals surface area contributed by atoms with Crippen LogP contribution in [0.25, 0.3) is 17.2 Å². The van der Waals surface area contributed by atoms with Crippen LogP contribution in [0.3, 0.4) is 0 Å². The van der Waals surface area contributed by atoms with Crippen molar-refractivity contribution < 1.29 is 24.2 Å². The molecule has 1 aromatic heterocycles. The van der Waals surface area contributed by atoms with Gasteiger partial charge in [-0.25, -0.2) is 14.6 Å². The molecule has 0 saturated carbocycles. The molecule has 0 aliphatic heterocycles. The lowest BCUT2D eigenvalue weighted by Gasteiger charge is -1.92. The Morgan fingerprint density at radius 2 is 2.06 bits per heavy atom. The fourth-order valence-electron chi connectivity index (χ4n) is 1.35. The molecule has 0 aliphatic carbocycles. The molecular weight excluding hydrogens is 226 g/mol. The van der Waals surface area contributed by atoms with Crippen LogP contribution in [0.2, 0.25) is 0 Å². The lowest BCUT2D eigenvalue weighted by atomic mass is 10.2. The summed E-state index contributed by atoms with van der Waals surface area (Å²) in [5, 5.41) is 17.4. The number of benzene rings is 1. The first kappa shape index (κ1) is 10.9. The first-order valence-electron chi connectivity index (χ1n) is 4.62. The summed E-state index contributed by atoms with van der Waals surface area (Å²) in [6.45, 7) is 0. The smallest absolute Gasteiger partial charge is 0.339 e.